The highest BCUT2D eigenvalue weighted by Gasteiger charge is 2.20. The lowest BCUT2D eigenvalue weighted by Gasteiger charge is -2.01. The molecule has 0 spiro atoms. The van der Waals surface area contributed by atoms with Crippen molar-refractivity contribution >= 4 is 38.0 Å². The standard InChI is InChI=1S/C16H15N5O5S/c1-8-5-9(2)14-11(6-8)15(16(22)18-14)20-19-12-4-3-10(27(17,25)26)7-13(12)21(23)24/h3-7,18,22H,1-2H3,(H2,17,25,26). The minimum absolute atomic E-state index is 0.127. The maximum absolute atomic E-state index is 11.4. The third kappa shape index (κ3) is 3.50. The minimum Gasteiger partial charge on any atom is -0.493 e. The zero-order chi connectivity index (χ0) is 19.9. The predicted octanol–water partition coefficient (Wildman–Crippen LogP) is 3.46. The Morgan fingerprint density at radius 3 is 2.52 bits per heavy atom. The van der Waals surface area contributed by atoms with Crippen LogP contribution in [0.4, 0.5) is 17.1 Å². The van der Waals surface area contributed by atoms with E-state index in [1.807, 2.05) is 19.9 Å². The number of nitrogens with two attached hydrogens (primary N) is 1. The molecule has 0 saturated carbocycles. The van der Waals surface area contributed by atoms with Crippen LogP contribution in [0.15, 0.2) is 45.5 Å². The number of aromatic amines is 1. The second-order valence-electron chi connectivity index (χ2n) is 5.98. The van der Waals surface area contributed by atoms with Gasteiger partial charge in [-0.3, -0.25) is 10.1 Å². The molecule has 0 bridgehead atoms. The highest BCUT2D eigenvalue weighted by Crippen LogP contribution is 2.39. The highest BCUT2D eigenvalue weighted by atomic mass is 32.2. The Hall–Kier alpha value is -3.31. The van der Waals surface area contributed by atoms with Crippen LogP contribution in [-0.2, 0) is 10.0 Å². The summed E-state index contributed by atoms with van der Waals surface area (Å²) >= 11 is 0. The number of nitrogens with one attached hydrogen (secondary N) is 1. The Bertz CT molecular complexity index is 1210. The first-order valence-electron chi connectivity index (χ1n) is 7.63. The lowest BCUT2D eigenvalue weighted by molar-refractivity contribution is -0.384. The molecule has 0 saturated heterocycles. The Kier molecular flexibility index (Phi) is 4.41. The number of aromatic nitrogens is 1. The van der Waals surface area contributed by atoms with E-state index < -0.39 is 25.5 Å². The monoisotopic (exact) mass is 389 g/mol. The van der Waals surface area contributed by atoms with Gasteiger partial charge in [-0.2, -0.15) is 0 Å². The van der Waals surface area contributed by atoms with Crippen molar-refractivity contribution in [1.29, 1.82) is 0 Å². The summed E-state index contributed by atoms with van der Waals surface area (Å²) in [6.07, 6.45) is 0. The number of aryl methyl sites for hydroxylation is 2. The third-order valence-electron chi connectivity index (χ3n) is 3.93. The van der Waals surface area contributed by atoms with E-state index in [2.05, 4.69) is 15.2 Å². The van der Waals surface area contributed by atoms with Crippen LogP contribution in [0.2, 0.25) is 0 Å². The fraction of sp³-hybridized carbons (Fsp3) is 0.125. The Morgan fingerprint density at radius 1 is 1.19 bits per heavy atom. The number of hydrogen-bond donors (Lipinski definition) is 3. The zero-order valence-corrected chi connectivity index (χ0v) is 15.1. The van der Waals surface area contributed by atoms with Crippen molar-refractivity contribution in [2.75, 3.05) is 0 Å². The summed E-state index contributed by atoms with van der Waals surface area (Å²) in [7, 11) is -4.10. The van der Waals surface area contributed by atoms with E-state index in [-0.39, 0.29) is 17.3 Å². The number of benzene rings is 2. The molecule has 0 aliphatic rings. The fourth-order valence-corrected chi connectivity index (χ4v) is 3.28. The first-order valence-corrected chi connectivity index (χ1v) is 9.17. The van der Waals surface area contributed by atoms with Gasteiger partial charge in [-0.05, 0) is 37.6 Å². The Morgan fingerprint density at radius 2 is 1.89 bits per heavy atom. The molecule has 27 heavy (non-hydrogen) atoms. The summed E-state index contributed by atoms with van der Waals surface area (Å²) < 4.78 is 22.8. The van der Waals surface area contributed by atoms with Gasteiger partial charge in [0.15, 0.2) is 11.4 Å². The number of aromatic hydroxyl groups is 1. The lowest BCUT2D eigenvalue weighted by Crippen LogP contribution is -2.12. The van der Waals surface area contributed by atoms with Crippen LogP contribution in [0.3, 0.4) is 0 Å². The molecule has 0 atom stereocenters. The minimum atomic E-state index is -4.10. The van der Waals surface area contributed by atoms with Crippen LogP contribution in [0.5, 0.6) is 5.88 Å². The van der Waals surface area contributed by atoms with Crippen molar-refractivity contribution in [2.45, 2.75) is 18.7 Å². The Labute approximate surface area is 153 Å². The van der Waals surface area contributed by atoms with Crippen molar-refractivity contribution in [2.24, 2.45) is 15.4 Å². The summed E-state index contributed by atoms with van der Waals surface area (Å²) in [6, 6.07) is 6.76. The molecule has 0 unspecified atom stereocenters. The summed E-state index contributed by atoms with van der Waals surface area (Å²) in [5.74, 6) is -0.230. The second-order valence-corrected chi connectivity index (χ2v) is 7.54. The number of nitro benzene ring substituents is 1. The molecular formula is C16H15N5O5S. The van der Waals surface area contributed by atoms with E-state index in [1.165, 1.54) is 0 Å². The molecule has 1 aromatic heterocycles. The summed E-state index contributed by atoms with van der Waals surface area (Å²) in [6.45, 7) is 3.75. The molecule has 0 aliphatic carbocycles. The molecule has 0 fully saturated rings. The van der Waals surface area contributed by atoms with Gasteiger partial charge < -0.3 is 10.1 Å². The van der Waals surface area contributed by atoms with Gasteiger partial charge in [0.1, 0.15) is 0 Å². The van der Waals surface area contributed by atoms with Gasteiger partial charge in [0.2, 0.25) is 15.9 Å². The number of nitro groups is 1. The number of H-pyrrole nitrogens is 1. The smallest absolute Gasteiger partial charge is 0.298 e. The fourth-order valence-electron chi connectivity index (χ4n) is 2.74. The second kappa shape index (κ2) is 6.45. The van der Waals surface area contributed by atoms with Gasteiger partial charge in [0.25, 0.3) is 5.69 Å². The number of nitrogens with zero attached hydrogens (tertiary/aromatic N) is 3. The zero-order valence-electron chi connectivity index (χ0n) is 14.3. The summed E-state index contributed by atoms with van der Waals surface area (Å²) in [5.41, 5.74) is 1.89. The van der Waals surface area contributed by atoms with Crippen molar-refractivity contribution in [3.8, 4) is 5.88 Å². The third-order valence-corrected chi connectivity index (χ3v) is 4.84. The Balaban J connectivity index is 2.13. The maximum Gasteiger partial charge on any atom is 0.298 e. The number of hydrogen-bond acceptors (Lipinski definition) is 7. The lowest BCUT2D eigenvalue weighted by atomic mass is 10.1. The first kappa shape index (κ1) is 18.5. The molecule has 0 radical (unpaired) electrons. The predicted molar refractivity (Wildman–Crippen MR) is 98.1 cm³/mol. The maximum atomic E-state index is 11.4. The van der Waals surface area contributed by atoms with Gasteiger partial charge in [-0.15, -0.1) is 10.2 Å². The van der Waals surface area contributed by atoms with E-state index in [1.54, 1.807) is 6.07 Å². The molecule has 3 rings (SSSR count). The molecule has 140 valence electrons. The molecular weight excluding hydrogens is 374 g/mol. The molecule has 4 N–H and O–H groups in total. The van der Waals surface area contributed by atoms with Gasteiger partial charge >= 0.3 is 0 Å². The van der Waals surface area contributed by atoms with Gasteiger partial charge in [-0.1, -0.05) is 11.6 Å². The van der Waals surface area contributed by atoms with E-state index >= 15 is 0 Å². The summed E-state index contributed by atoms with van der Waals surface area (Å²) in [4.78, 5) is 12.8. The van der Waals surface area contributed by atoms with Crippen LogP contribution < -0.4 is 5.14 Å². The molecule has 0 amide bonds. The molecule has 2 aromatic carbocycles. The van der Waals surface area contributed by atoms with Crippen molar-refractivity contribution < 1.29 is 18.4 Å². The van der Waals surface area contributed by atoms with Crippen LogP contribution in [0.1, 0.15) is 11.1 Å². The topological polar surface area (TPSA) is 164 Å². The van der Waals surface area contributed by atoms with Gasteiger partial charge in [0.05, 0.1) is 15.3 Å². The summed E-state index contributed by atoms with van der Waals surface area (Å²) in [5, 5.41) is 34.7. The highest BCUT2D eigenvalue weighted by molar-refractivity contribution is 7.89. The normalized spacial score (nSPS) is 12.1. The van der Waals surface area contributed by atoms with Crippen molar-refractivity contribution in [3.63, 3.8) is 0 Å². The number of primary sulfonamides is 1. The largest absolute Gasteiger partial charge is 0.493 e. The SMILES string of the molecule is Cc1cc(C)c2[nH]c(O)c(N=Nc3ccc(S(N)(=O)=O)cc3[N+](=O)[O-])c2c1. The average Bonchev–Trinajstić information content (AvgIpc) is 2.87. The molecule has 0 aliphatic heterocycles. The first-order chi connectivity index (χ1) is 12.6. The number of sulfonamides is 1. The number of fused-ring (bicyclic) bond motifs is 1. The molecule has 10 nitrogen and oxygen atoms in total. The van der Waals surface area contributed by atoms with Gasteiger partial charge in [0, 0.05) is 11.5 Å². The average molecular weight is 389 g/mol. The van der Waals surface area contributed by atoms with E-state index in [0.29, 0.717) is 10.9 Å². The van der Waals surface area contributed by atoms with Crippen LogP contribution >= 0.6 is 0 Å². The van der Waals surface area contributed by atoms with Gasteiger partial charge in [-0.25, -0.2) is 13.6 Å². The molecule has 1 heterocycles. The quantitative estimate of drug-likeness (QED) is 0.353. The number of rotatable bonds is 4. The van der Waals surface area contributed by atoms with Crippen molar-refractivity contribution in [1.82, 2.24) is 4.98 Å². The van der Waals surface area contributed by atoms with Crippen LogP contribution in [0.25, 0.3) is 10.9 Å². The molecule has 3 aromatic rings. The van der Waals surface area contributed by atoms with Crippen LogP contribution in [0, 0.1) is 24.0 Å². The van der Waals surface area contributed by atoms with Crippen molar-refractivity contribution in [3.05, 3.63) is 51.6 Å². The van der Waals surface area contributed by atoms with Crippen LogP contribution in [-0.4, -0.2) is 23.4 Å². The van der Waals surface area contributed by atoms with E-state index in [9.17, 15) is 23.6 Å². The van der Waals surface area contributed by atoms with E-state index in [0.717, 1.165) is 29.3 Å². The number of azo groups is 1. The molecule has 11 heteroatoms. The van der Waals surface area contributed by atoms with E-state index in [4.69, 9.17) is 5.14 Å².